The van der Waals surface area contributed by atoms with Crippen LogP contribution in [-0.4, -0.2) is 28.6 Å². The molecular weight excluding hydrogens is 380 g/mol. The minimum atomic E-state index is -0.792. The lowest BCUT2D eigenvalue weighted by molar-refractivity contribution is -0.117. The fraction of sp³-hybridized carbons (Fsp3) is 0.150. The van der Waals surface area contributed by atoms with E-state index in [9.17, 15) is 14.7 Å². The van der Waals surface area contributed by atoms with Gasteiger partial charge in [-0.3, -0.25) is 14.5 Å². The van der Waals surface area contributed by atoms with Crippen LogP contribution in [0, 0.1) is 0 Å². The smallest absolute Gasteiger partial charge is 0.296 e. The maximum absolute atomic E-state index is 12.9. The lowest BCUT2D eigenvalue weighted by Gasteiger charge is -2.24. The third kappa shape index (κ3) is 2.38. The summed E-state index contributed by atoms with van der Waals surface area (Å²) in [4.78, 5) is 31.1. The molecule has 0 saturated carbocycles. The standard InChI is InChI=1S/C20H14N2O5S/c1-10(23)16-17(11-6-7-13-14(8-11)27-9-26-13)22(19(25)18(16)24)20-21-12-4-2-3-5-15(12)28-20/h2-8,17,24H,9H2,1H3/t17-/m0/s1. The maximum atomic E-state index is 12.9. The third-order valence-corrected chi connectivity index (χ3v) is 5.82. The Morgan fingerprint density at radius 1 is 1.21 bits per heavy atom. The highest BCUT2D eigenvalue weighted by atomic mass is 32.1. The number of amides is 1. The SMILES string of the molecule is CC(=O)C1=C(O)C(=O)N(c2nc3ccccc3s2)[C@H]1c1ccc2c(c1)OCO2. The molecule has 2 aliphatic rings. The van der Waals surface area contributed by atoms with Gasteiger partial charge in [0, 0.05) is 0 Å². The third-order valence-electron chi connectivity index (χ3n) is 4.79. The number of para-hydroxylation sites is 1. The summed E-state index contributed by atoms with van der Waals surface area (Å²) >= 11 is 1.33. The van der Waals surface area contributed by atoms with E-state index in [2.05, 4.69) is 4.98 Å². The molecule has 3 aromatic rings. The molecule has 2 aliphatic heterocycles. The molecule has 0 saturated heterocycles. The van der Waals surface area contributed by atoms with Gasteiger partial charge in [-0.2, -0.15) is 0 Å². The van der Waals surface area contributed by atoms with E-state index in [1.54, 1.807) is 18.2 Å². The van der Waals surface area contributed by atoms with Gasteiger partial charge in [0.25, 0.3) is 5.91 Å². The number of hydrogen-bond donors (Lipinski definition) is 1. The number of carbonyl (C=O) groups excluding carboxylic acids is 2. The molecule has 0 spiro atoms. The first-order chi connectivity index (χ1) is 13.5. The average molecular weight is 394 g/mol. The second-order valence-corrected chi connectivity index (χ2v) is 7.48. The Morgan fingerprint density at radius 2 is 2.00 bits per heavy atom. The van der Waals surface area contributed by atoms with Crippen LogP contribution < -0.4 is 14.4 Å². The van der Waals surface area contributed by atoms with Gasteiger partial charge in [-0.25, -0.2) is 4.98 Å². The Morgan fingerprint density at radius 3 is 2.79 bits per heavy atom. The summed E-state index contributed by atoms with van der Waals surface area (Å²) in [6, 6.07) is 11.9. The summed E-state index contributed by atoms with van der Waals surface area (Å²) in [5.41, 5.74) is 1.42. The lowest BCUT2D eigenvalue weighted by Crippen LogP contribution is -2.30. The number of benzene rings is 2. The highest BCUT2D eigenvalue weighted by molar-refractivity contribution is 7.22. The number of hydrogen-bond acceptors (Lipinski definition) is 7. The number of aliphatic hydroxyl groups is 1. The molecule has 8 heteroatoms. The van der Waals surface area contributed by atoms with Crippen LogP contribution in [0.4, 0.5) is 5.13 Å². The van der Waals surface area contributed by atoms with E-state index in [0.717, 1.165) is 10.2 Å². The van der Waals surface area contributed by atoms with E-state index in [-0.39, 0.29) is 18.1 Å². The number of aromatic nitrogens is 1. The van der Waals surface area contributed by atoms with Crippen LogP contribution in [0.2, 0.25) is 0 Å². The van der Waals surface area contributed by atoms with Crippen molar-refractivity contribution in [2.45, 2.75) is 13.0 Å². The predicted molar refractivity (Wildman–Crippen MR) is 103 cm³/mol. The van der Waals surface area contributed by atoms with Crippen LogP contribution in [0.25, 0.3) is 10.2 Å². The van der Waals surface area contributed by atoms with E-state index in [4.69, 9.17) is 9.47 Å². The molecule has 2 aromatic carbocycles. The minimum absolute atomic E-state index is 0.0446. The summed E-state index contributed by atoms with van der Waals surface area (Å²) in [7, 11) is 0. The zero-order valence-corrected chi connectivity index (χ0v) is 15.5. The number of Topliss-reactive ketones (excluding diaryl/α,β-unsaturated/α-hetero) is 1. The average Bonchev–Trinajstić information content (AvgIpc) is 3.37. The Balaban J connectivity index is 1.68. The van der Waals surface area contributed by atoms with Crippen LogP contribution in [0.1, 0.15) is 18.5 Å². The Hall–Kier alpha value is -3.39. The number of fused-ring (bicyclic) bond motifs is 2. The number of anilines is 1. The summed E-state index contributed by atoms with van der Waals surface area (Å²) in [5.74, 6) is -0.445. The molecule has 1 atom stereocenters. The quantitative estimate of drug-likeness (QED) is 0.731. The zero-order chi connectivity index (χ0) is 19.4. The van der Waals surface area contributed by atoms with Crippen molar-refractivity contribution in [1.29, 1.82) is 0 Å². The summed E-state index contributed by atoms with van der Waals surface area (Å²) in [6.07, 6.45) is 0. The van der Waals surface area contributed by atoms with E-state index in [0.29, 0.717) is 22.2 Å². The lowest BCUT2D eigenvalue weighted by atomic mass is 9.96. The molecule has 140 valence electrons. The molecule has 0 fully saturated rings. The van der Waals surface area contributed by atoms with Crippen LogP contribution in [0.15, 0.2) is 53.8 Å². The molecule has 1 N–H and O–H groups in total. The van der Waals surface area contributed by atoms with Crippen molar-refractivity contribution in [1.82, 2.24) is 4.98 Å². The van der Waals surface area contributed by atoms with Crippen LogP contribution >= 0.6 is 11.3 Å². The molecular formula is C20H14N2O5S. The first-order valence-electron chi connectivity index (χ1n) is 8.57. The van der Waals surface area contributed by atoms with E-state index < -0.39 is 17.7 Å². The molecule has 0 radical (unpaired) electrons. The predicted octanol–water partition coefficient (Wildman–Crippen LogP) is 3.51. The number of ketones is 1. The molecule has 0 aliphatic carbocycles. The molecule has 1 aromatic heterocycles. The highest BCUT2D eigenvalue weighted by Gasteiger charge is 2.45. The van der Waals surface area contributed by atoms with Crippen molar-refractivity contribution in [2.75, 3.05) is 11.7 Å². The number of thiazole rings is 1. The topological polar surface area (TPSA) is 89.0 Å². The largest absolute Gasteiger partial charge is 0.503 e. The van der Waals surface area contributed by atoms with Crippen molar-refractivity contribution in [3.8, 4) is 11.5 Å². The fourth-order valence-corrected chi connectivity index (χ4v) is 4.52. The van der Waals surface area contributed by atoms with Crippen LogP contribution in [0.5, 0.6) is 11.5 Å². The van der Waals surface area contributed by atoms with E-state index >= 15 is 0 Å². The van der Waals surface area contributed by atoms with Gasteiger partial charge in [-0.1, -0.05) is 29.5 Å². The number of aliphatic hydroxyl groups excluding tert-OH is 1. The fourth-order valence-electron chi connectivity index (χ4n) is 3.52. The molecule has 0 bridgehead atoms. The Labute approximate surface area is 163 Å². The second-order valence-electron chi connectivity index (χ2n) is 6.47. The van der Waals surface area contributed by atoms with Crippen LogP contribution in [-0.2, 0) is 9.59 Å². The van der Waals surface area contributed by atoms with E-state index in [1.807, 2.05) is 24.3 Å². The Bertz CT molecular complexity index is 1150. The summed E-state index contributed by atoms with van der Waals surface area (Å²) in [6.45, 7) is 1.45. The summed E-state index contributed by atoms with van der Waals surface area (Å²) in [5, 5.41) is 10.9. The van der Waals surface area contributed by atoms with Gasteiger partial charge in [-0.15, -0.1) is 0 Å². The molecule has 7 nitrogen and oxygen atoms in total. The van der Waals surface area contributed by atoms with Gasteiger partial charge in [0.05, 0.1) is 21.8 Å². The first kappa shape index (κ1) is 16.8. The van der Waals surface area contributed by atoms with Gasteiger partial charge in [0.15, 0.2) is 28.2 Å². The van der Waals surface area contributed by atoms with E-state index in [1.165, 1.54) is 23.2 Å². The normalized spacial score (nSPS) is 18.4. The van der Waals surface area contributed by atoms with Gasteiger partial charge >= 0.3 is 0 Å². The van der Waals surface area contributed by atoms with Gasteiger partial charge in [0.2, 0.25) is 6.79 Å². The van der Waals surface area contributed by atoms with Crippen molar-refractivity contribution >= 4 is 38.4 Å². The molecule has 1 amide bonds. The monoisotopic (exact) mass is 394 g/mol. The molecule has 28 heavy (non-hydrogen) atoms. The number of ether oxygens (including phenoxy) is 2. The number of rotatable bonds is 3. The molecule has 0 unspecified atom stereocenters. The Kier molecular flexibility index (Phi) is 3.63. The highest BCUT2D eigenvalue weighted by Crippen LogP contribution is 2.45. The minimum Gasteiger partial charge on any atom is -0.503 e. The zero-order valence-electron chi connectivity index (χ0n) is 14.7. The summed E-state index contributed by atoms with van der Waals surface area (Å²) < 4.78 is 11.7. The second kappa shape index (κ2) is 6.07. The first-order valence-corrected chi connectivity index (χ1v) is 9.39. The molecule has 3 heterocycles. The van der Waals surface area contributed by atoms with Crippen molar-refractivity contribution < 1.29 is 24.2 Å². The van der Waals surface area contributed by atoms with Gasteiger partial charge < -0.3 is 14.6 Å². The van der Waals surface area contributed by atoms with Crippen LogP contribution in [0.3, 0.4) is 0 Å². The van der Waals surface area contributed by atoms with Crippen molar-refractivity contribution in [3.63, 3.8) is 0 Å². The van der Waals surface area contributed by atoms with Gasteiger partial charge in [-0.05, 0) is 36.8 Å². The number of nitrogens with zero attached hydrogens (tertiary/aromatic N) is 2. The van der Waals surface area contributed by atoms with Crippen molar-refractivity contribution in [2.24, 2.45) is 0 Å². The van der Waals surface area contributed by atoms with Crippen molar-refractivity contribution in [3.05, 3.63) is 59.4 Å². The van der Waals surface area contributed by atoms with Gasteiger partial charge in [0.1, 0.15) is 0 Å². The maximum Gasteiger partial charge on any atom is 0.296 e. The number of carbonyl (C=O) groups is 2. The molecule has 5 rings (SSSR count).